The zero-order valence-electron chi connectivity index (χ0n) is 14.3. The summed E-state index contributed by atoms with van der Waals surface area (Å²) in [5.41, 5.74) is 3.94. The molecular formula is C19H22N4O2. The fourth-order valence-electron chi connectivity index (χ4n) is 3.31. The number of nitrogens with one attached hydrogen (secondary N) is 2. The van der Waals surface area contributed by atoms with Gasteiger partial charge in [-0.25, -0.2) is 4.98 Å². The highest BCUT2D eigenvalue weighted by Crippen LogP contribution is 2.33. The lowest BCUT2D eigenvalue weighted by Gasteiger charge is -2.29. The van der Waals surface area contributed by atoms with Crippen LogP contribution >= 0.6 is 0 Å². The molecule has 130 valence electrons. The van der Waals surface area contributed by atoms with E-state index in [9.17, 15) is 5.11 Å². The first kappa shape index (κ1) is 15.9. The molecule has 1 aliphatic rings. The van der Waals surface area contributed by atoms with Gasteiger partial charge in [0.1, 0.15) is 5.75 Å². The first-order chi connectivity index (χ1) is 12.1. The molecule has 0 saturated carbocycles. The summed E-state index contributed by atoms with van der Waals surface area (Å²) >= 11 is 0. The number of hydrogen-bond acceptors (Lipinski definition) is 5. The third kappa shape index (κ3) is 3.06. The molecule has 25 heavy (non-hydrogen) atoms. The van der Waals surface area contributed by atoms with Crippen molar-refractivity contribution in [3.8, 4) is 5.75 Å². The van der Waals surface area contributed by atoms with E-state index in [1.807, 2.05) is 49.1 Å². The molecule has 2 unspecified atom stereocenters. The Morgan fingerprint density at radius 1 is 1.20 bits per heavy atom. The minimum absolute atomic E-state index is 0.0449. The Morgan fingerprint density at radius 2 is 2.00 bits per heavy atom. The van der Waals surface area contributed by atoms with Crippen molar-refractivity contribution in [2.75, 3.05) is 11.4 Å². The number of fused-ring (bicyclic) bond motifs is 1. The van der Waals surface area contributed by atoms with E-state index in [0.29, 0.717) is 6.54 Å². The summed E-state index contributed by atoms with van der Waals surface area (Å²) in [7, 11) is 0. The molecule has 0 spiro atoms. The number of benzene rings is 2. The molecule has 6 nitrogen and oxygen atoms in total. The van der Waals surface area contributed by atoms with Gasteiger partial charge >= 0.3 is 0 Å². The maximum absolute atomic E-state index is 10.4. The third-order valence-corrected chi connectivity index (χ3v) is 4.43. The number of imidazole rings is 1. The summed E-state index contributed by atoms with van der Waals surface area (Å²) in [4.78, 5) is 9.36. The fourth-order valence-corrected chi connectivity index (χ4v) is 3.31. The van der Waals surface area contributed by atoms with Crippen LogP contribution in [0, 0.1) is 0 Å². The van der Waals surface area contributed by atoms with Gasteiger partial charge < -0.3 is 19.7 Å². The average molecular weight is 338 g/mol. The first-order valence-corrected chi connectivity index (χ1v) is 8.51. The van der Waals surface area contributed by atoms with Crippen molar-refractivity contribution in [2.24, 2.45) is 0 Å². The van der Waals surface area contributed by atoms with Gasteiger partial charge in [0.05, 0.1) is 29.5 Å². The van der Waals surface area contributed by atoms with Gasteiger partial charge in [0.2, 0.25) is 0 Å². The Morgan fingerprint density at radius 3 is 2.76 bits per heavy atom. The van der Waals surface area contributed by atoms with Crippen LogP contribution in [0.15, 0.2) is 48.8 Å². The van der Waals surface area contributed by atoms with Gasteiger partial charge in [0.25, 0.3) is 0 Å². The Balaban J connectivity index is 1.64. The average Bonchev–Trinajstić information content (AvgIpc) is 3.20. The van der Waals surface area contributed by atoms with Crippen molar-refractivity contribution in [3.05, 3.63) is 54.4 Å². The highest BCUT2D eigenvalue weighted by atomic mass is 16.5. The number of ether oxygens (including phenoxy) is 1. The maximum atomic E-state index is 10.4. The van der Waals surface area contributed by atoms with E-state index in [1.54, 1.807) is 6.33 Å². The van der Waals surface area contributed by atoms with Crippen LogP contribution in [0.4, 0.5) is 5.69 Å². The molecule has 0 radical (unpaired) electrons. The number of H-pyrrole nitrogens is 1. The number of rotatable bonds is 4. The second-order valence-electron chi connectivity index (χ2n) is 6.54. The van der Waals surface area contributed by atoms with Gasteiger partial charge in [-0.05, 0) is 49.7 Å². The van der Waals surface area contributed by atoms with Gasteiger partial charge in [-0.15, -0.1) is 0 Å². The molecular weight excluding hydrogens is 316 g/mol. The molecule has 4 rings (SSSR count). The Bertz CT molecular complexity index is 859. The molecule has 2 aromatic carbocycles. The molecule has 2 heterocycles. The van der Waals surface area contributed by atoms with Crippen LogP contribution in [0.1, 0.15) is 25.5 Å². The predicted molar refractivity (Wildman–Crippen MR) is 97.5 cm³/mol. The van der Waals surface area contributed by atoms with Crippen LogP contribution in [-0.2, 0) is 0 Å². The molecule has 1 aromatic heterocycles. The lowest BCUT2D eigenvalue weighted by molar-refractivity contribution is 0.161. The Labute approximate surface area is 146 Å². The van der Waals surface area contributed by atoms with Crippen molar-refractivity contribution in [1.29, 1.82) is 0 Å². The normalized spacial score (nSPS) is 20.6. The molecule has 0 bridgehead atoms. The summed E-state index contributed by atoms with van der Waals surface area (Å²) in [5.74, 6) is 0.857. The van der Waals surface area contributed by atoms with Crippen molar-refractivity contribution in [2.45, 2.75) is 32.3 Å². The van der Waals surface area contributed by atoms with Crippen LogP contribution in [0.5, 0.6) is 5.75 Å². The number of nitrogens with zero attached hydrogens (tertiary/aromatic N) is 2. The Hall–Kier alpha value is -2.57. The van der Waals surface area contributed by atoms with E-state index >= 15 is 0 Å². The SMILES string of the molecule is CC(C)Oc1ccc(C2CNC(O)N2c2ccc3nc[nH]c3c2)cc1. The van der Waals surface area contributed by atoms with Gasteiger partial charge in [-0.2, -0.15) is 0 Å². The lowest BCUT2D eigenvalue weighted by Crippen LogP contribution is -2.36. The predicted octanol–water partition coefficient (Wildman–Crippen LogP) is 2.78. The molecule has 3 N–H and O–H groups in total. The summed E-state index contributed by atoms with van der Waals surface area (Å²) in [6, 6.07) is 14.1. The number of aliphatic hydroxyl groups excluding tert-OH is 1. The number of aromatic nitrogens is 2. The zero-order chi connectivity index (χ0) is 17.4. The first-order valence-electron chi connectivity index (χ1n) is 8.51. The monoisotopic (exact) mass is 338 g/mol. The molecule has 0 aliphatic carbocycles. The number of hydrogen-bond donors (Lipinski definition) is 3. The highest BCUT2D eigenvalue weighted by molar-refractivity contribution is 5.79. The molecule has 0 amide bonds. The quantitative estimate of drug-likeness (QED) is 0.682. The zero-order valence-corrected chi connectivity index (χ0v) is 14.3. The molecule has 1 saturated heterocycles. The molecule has 1 aliphatic heterocycles. The minimum atomic E-state index is -0.725. The summed E-state index contributed by atoms with van der Waals surface area (Å²) < 4.78 is 5.71. The molecule has 2 atom stereocenters. The van der Waals surface area contributed by atoms with Crippen molar-refractivity contribution in [3.63, 3.8) is 0 Å². The van der Waals surface area contributed by atoms with Gasteiger partial charge in [0.15, 0.2) is 6.35 Å². The van der Waals surface area contributed by atoms with Gasteiger partial charge in [-0.3, -0.25) is 5.32 Å². The smallest absolute Gasteiger partial charge is 0.184 e. The van der Waals surface area contributed by atoms with E-state index in [4.69, 9.17) is 4.74 Å². The van der Waals surface area contributed by atoms with Crippen LogP contribution in [0.2, 0.25) is 0 Å². The van der Waals surface area contributed by atoms with E-state index in [2.05, 4.69) is 27.4 Å². The summed E-state index contributed by atoms with van der Waals surface area (Å²) in [6.45, 7) is 4.70. The minimum Gasteiger partial charge on any atom is -0.491 e. The van der Waals surface area contributed by atoms with Crippen LogP contribution in [-0.4, -0.2) is 34.1 Å². The van der Waals surface area contributed by atoms with E-state index in [-0.39, 0.29) is 12.1 Å². The molecule has 3 aromatic rings. The molecule has 6 heteroatoms. The van der Waals surface area contributed by atoms with E-state index in [0.717, 1.165) is 28.0 Å². The van der Waals surface area contributed by atoms with Gasteiger partial charge in [-0.1, -0.05) is 12.1 Å². The number of anilines is 1. The second-order valence-corrected chi connectivity index (χ2v) is 6.54. The lowest BCUT2D eigenvalue weighted by atomic mass is 10.1. The number of aliphatic hydroxyl groups is 1. The Kier molecular flexibility index (Phi) is 4.07. The fraction of sp³-hybridized carbons (Fsp3) is 0.316. The largest absolute Gasteiger partial charge is 0.491 e. The third-order valence-electron chi connectivity index (χ3n) is 4.43. The van der Waals surface area contributed by atoms with Crippen LogP contribution in [0.25, 0.3) is 11.0 Å². The van der Waals surface area contributed by atoms with Gasteiger partial charge in [0, 0.05) is 12.2 Å². The maximum Gasteiger partial charge on any atom is 0.184 e. The standard InChI is InChI=1S/C19H22N4O2/c1-12(2)25-15-6-3-13(4-7-15)18-10-20-19(24)23(18)14-5-8-16-17(9-14)22-11-21-16/h3-9,11-12,18-20,24H,10H2,1-2H3,(H,21,22). The topological polar surface area (TPSA) is 73.4 Å². The van der Waals surface area contributed by atoms with E-state index < -0.39 is 6.35 Å². The van der Waals surface area contributed by atoms with E-state index in [1.165, 1.54) is 0 Å². The molecule has 1 fully saturated rings. The number of aromatic amines is 1. The van der Waals surface area contributed by atoms with Crippen LogP contribution in [0.3, 0.4) is 0 Å². The second kappa shape index (κ2) is 6.38. The van der Waals surface area contributed by atoms with Crippen molar-refractivity contribution >= 4 is 16.7 Å². The van der Waals surface area contributed by atoms with Crippen LogP contribution < -0.4 is 15.0 Å². The van der Waals surface area contributed by atoms with Crippen molar-refractivity contribution < 1.29 is 9.84 Å². The van der Waals surface area contributed by atoms with Crippen molar-refractivity contribution in [1.82, 2.24) is 15.3 Å². The summed E-state index contributed by atoms with van der Waals surface area (Å²) in [6.07, 6.45) is 1.10. The summed E-state index contributed by atoms with van der Waals surface area (Å²) in [5, 5.41) is 13.6. The highest BCUT2D eigenvalue weighted by Gasteiger charge is 2.33.